The quantitative estimate of drug-likeness (QED) is 0.826. The normalized spacial score (nSPS) is 21.7. The average Bonchev–Trinajstić information content (AvgIpc) is 3.09. The van der Waals surface area contributed by atoms with E-state index >= 15 is 0 Å². The maximum absolute atomic E-state index is 12.7. The summed E-state index contributed by atoms with van der Waals surface area (Å²) in [6.45, 7) is 4.84. The number of pyridine rings is 1. The molecule has 0 unspecified atom stereocenters. The van der Waals surface area contributed by atoms with E-state index in [1.165, 1.54) is 16.7 Å². The number of aryl methyl sites for hydroxylation is 1. The smallest absolute Gasteiger partial charge is 0.227 e. The predicted molar refractivity (Wildman–Crippen MR) is 103 cm³/mol. The van der Waals surface area contributed by atoms with Crippen LogP contribution in [0.4, 0.5) is 0 Å². The number of benzene rings is 1. The van der Waals surface area contributed by atoms with Crippen LogP contribution in [-0.2, 0) is 29.0 Å². The highest BCUT2D eigenvalue weighted by Crippen LogP contribution is 2.31. The highest BCUT2D eigenvalue weighted by molar-refractivity contribution is 6.15. The number of carbonyl (C=O) groups excluding carboxylic acids is 1. The summed E-state index contributed by atoms with van der Waals surface area (Å²) in [5, 5.41) is 0. The van der Waals surface area contributed by atoms with Crippen molar-refractivity contribution in [2.75, 3.05) is 13.2 Å². The van der Waals surface area contributed by atoms with Gasteiger partial charge in [0.2, 0.25) is 5.91 Å². The van der Waals surface area contributed by atoms with Crippen LogP contribution >= 0.6 is 0 Å². The fourth-order valence-electron chi connectivity index (χ4n) is 4.43. The Labute approximate surface area is 159 Å². The molecule has 2 aromatic rings. The van der Waals surface area contributed by atoms with Gasteiger partial charge in [-0.3, -0.25) is 14.8 Å². The molecule has 3 aliphatic rings. The van der Waals surface area contributed by atoms with Crippen molar-refractivity contribution < 1.29 is 9.53 Å². The summed E-state index contributed by atoms with van der Waals surface area (Å²) < 4.78 is 5.61. The number of amides is 1. The molecule has 0 bridgehead atoms. The molecule has 138 valence electrons. The van der Waals surface area contributed by atoms with E-state index in [1.54, 1.807) is 0 Å². The lowest BCUT2D eigenvalue weighted by atomic mass is 9.90. The molecule has 1 amide bonds. The number of hydrogen-bond donors (Lipinski definition) is 0. The lowest BCUT2D eigenvalue weighted by Crippen LogP contribution is -2.47. The number of carbonyl (C=O) groups is 1. The van der Waals surface area contributed by atoms with Crippen molar-refractivity contribution in [3.8, 4) is 0 Å². The van der Waals surface area contributed by atoms with Gasteiger partial charge in [0.25, 0.3) is 0 Å². The number of ether oxygens (including phenoxy) is 1. The van der Waals surface area contributed by atoms with E-state index in [9.17, 15) is 4.79 Å². The number of aliphatic imine (C=N–C) groups is 1. The van der Waals surface area contributed by atoms with Crippen molar-refractivity contribution in [3.05, 3.63) is 64.0 Å². The molecule has 0 aliphatic carbocycles. The first-order chi connectivity index (χ1) is 13.2. The monoisotopic (exact) mass is 361 g/mol. The van der Waals surface area contributed by atoms with E-state index in [4.69, 9.17) is 9.73 Å². The van der Waals surface area contributed by atoms with E-state index in [0.717, 1.165) is 42.0 Å². The molecule has 1 aromatic carbocycles. The molecule has 1 fully saturated rings. The van der Waals surface area contributed by atoms with Crippen LogP contribution in [0.2, 0.25) is 0 Å². The number of nitrogens with zero attached hydrogens (tertiary/aromatic N) is 3. The summed E-state index contributed by atoms with van der Waals surface area (Å²) in [6, 6.07) is 8.78. The van der Waals surface area contributed by atoms with Crippen LogP contribution in [0.25, 0.3) is 0 Å². The highest BCUT2D eigenvalue weighted by Gasteiger charge is 2.32. The van der Waals surface area contributed by atoms with Gasteiger partial charge in [-0.15, -0.1) is 0 Å². The van der Waals surface area contributed by atoms with Crippen LogP contribution in [0.1, 0.15) is 46.4 Å². The minimum absolute atomic E-state index is 0.212. The molecule has 0 radical (unpaired) electrons. The second-order valence-electron chi connectivity index (χ2n) is 7.70. The Hall–Kier alpha value is -2.53. The highest BCUT2D eigenvalue weighted by atomic mass is 16.5. The van der Waals surface area contributed by atoms with Gasteiger partial charge in [-0.1, -0.05) is 6.07 Å². The second-order valence-corrected chi connectivity index (χ2v) is 7.70. The third kappa shape index (κ3) is 2.96. The van der Waals surface area contributed by atoms with Gasteiger partial charge in [-0.25, -0.2) is 0 Å². The first-order valence-corrected chi connectivity index (χ1v) is 9.69. The van der Waals surface area contributed by atoms with Crippen LogP contribution in [0.15, 0.2) is 35.5 Å². The summed E-state index contributed by atoms with van der Waals surface area (Å²) in [7, 11) is 0. The number of hydrogen-bond acceptors (Lipinski definition) is 4. The molecule has 5 heteroatoms. The third-order valence-electron chi connectivity index (χ3n) is 5.84. The standard InChI is InChI=1S/C22H23N3O2/c1-14-7-15(4-5-23-14)22-20-9-18-12-25(19-3-2-6-27-13-19)21(26)10-16(18)8-17(20)11-24-22/h4-5,7-9,19H,2-3,6,10-13H2,1H3/t19-/m1/s1. The molecular weight excluding hydrogens is 338 g/mol. The van der Waals surface area contributed by atoms with Gasteiger partial charge in [0.05, 0.1) is 31.3 Å². The molecule has 3 aliphatic heterocycles. The third-order valence-corrected chi connectivity index (χ3v) is 5.84. The molecule has 27 heavy (non-hydrogen) atoms. The molecule has 5 rings (SSSR count). The van der Waals surface area contributed by atoms with Gasteiger partial charge in [-0.05, 0) is 54.7 Å². The van der Waals surface area contributed by atoms with Gasteiger partial charge in [0.1, 0.15) is 0 Å². The fourth-order valence-corrected chi connectivity index (χ4v) is 4.43. The lowest BCUT2D eigenvalue weighted by molar-refractivity contribution is -0.137. The number of rotatable bonds is 2. The van der Waals surface area contributed by atoms with Crippen LogP contribution in [0.3, 0.4) is 0 Å². The molecule has 4 heterocycles. The Morgan fingerprint density at radius 3 is 2.93 bits per heavy atom. The number of aromatic nitrogens is 1. The summed E-state index contributed by atoms with van der Waals surface area (Å²) in [4.78, 5) is 23.8. The molecule has 0 saturated carbocycles. The number of fused-ring (bicyclic) bond motifs is 2. The van der Waals surface area contributed by atoms with Gasteiger partial charge in [-0.2, -0.15) is 0 Å². The van der Waals surface area contributed by atoms with Crippen LogP contribution in [0, 0.1) is 6.92 Å². The van der Waals surface area contributed by atoms with Crippen molar-refractivity contribution in [1.29, 1.82) is 0 Å². The van der Waals surface area contributed by atoms with Crippen LogP contribution in [-0.4, -0.2) is 40.8 Å². The Bertz CT molecular complexity index is 945. The van der Waals surface area contributed by atoms with Gasteiger partial charge in [0.15, 0.2) is 0 Å². The molecule has 1 atom stereocenters. The van der Waals surface area contributed by atoms with E-state index in [0.29, 0.717) is 26.1 Å². The SMILES string of the molecule is Cc1cc(C2=NCc3cc4c(cc32)CN([C@@H]2CCCOC2)C(=O)C4)ccn1. The Morgan fingerprint density at radius 1 is 1.19 bits per heavy atom. The maximum Gasteiger partial charge on any atom is 0.227 e. The van der Waals surface area contributed by atoms with Crippen LogP contribution < -0.4 is 0 Å². The first-order valence-electron chi connectivity index (χ1n) is 9.69. The molecule has 0 spiro atoms. The zero-order valence-corrected chi connectivity index (χ0v) is 15.6. The summed E-state index contributed by atoms with van der Waals surface area (Å²) in [5.74, 6) is 0.224. The molecule has 5 nitrogen and oxygen atoms in total. The molecule has 1 aromatic heterocycles. The van der Waals surface area contributed by atoms with E-state index in [2.05, 4.69) is 23.2 Å². The predicted octanol–water partition coefficient (Wildman–Crippen LogP) is 2.80. The zero-order valence-electron chi connectivity index (χ0n) is 15.6. The summed E-state index contributed by atoms with van der Waals surface area (Å²) in [6.07, 6.45) is 4.40. The largest absolute Gasteiger partial charge is 0.379 e. The molecule has 0 N–H and O–H groups in total. The van der Waals surface area contributed by atoms with Crippen molar-refractivity contribution in [3.63, 3.8) is 0 Å². The molecular formula is C22H23N3O2. The Balaban J connectivity index is 1.48. The minimum Gasteiger partial charge on any atom is -0.379 e. The van der Waals surface area contributed by atoms with Crippen molar-refractivity contribution in [1.82, 2.24) is 9.88 Å². The van der Waals surface area contributed by atoms with E-state index < -0.39 is 0 Å². The lowest BCUT2D eigenvalue weighted by Gasteiger charge is -2.37. The zero-order chi connectivity index (χ0) is 18.4. The average molecular weight is 361 g/mol. The Kier molecular flexibility index (Phi) is 4.05. The van der Waals surface area contributed by atoms with Gasteiger partial charge in [0, 0.05) is 36.2 Å². The molecule has 1 saturated heterocycles. The van der Waals surface area contributed by atoms with E-state index in [1.807, 2.05) is 24.1 Å². The summed E-state index contributed by atoms with van der Waals surface area (Å²) >= 11 is 0. The Morgan fingerprint density at radius 2 is 2.11 bits per heavy atom. The van der Waals surface area contributed by atoms with E-state index in [-0.39, 0.29) is 11.9 Å². The first kappa shape index (κ1) is 16.6. The minimum atomic E-state index is 0.212. The van der Waals surface area contributed by atoms with Crippen molar-refractivity contribution in [2.45, 2.75) is 45.3 Å². The van der Waals surface area contributed by atoms with Gasteiger partial charge >= 0.3 is 0 Å². The van der Waals surface area contributed by atoms with Gasteiger partial charge < -0.3 is 9.64 Å². The summed E-state index contributed by atoms with van der Waals surface area (Å²) in [5.41, 5.74) is 7.99. The van der Waals surface area contributed by atoms with Crippen molar-refractivity contribution in [2.24, 2.45) is 4.99 Å². The van der Waals surface area contributed by atoms with Crippen LogP contribution in [0.5, 0.6) is 0 Å². The maximum atomic E-state index is 12.7. The topological polar surface area (TPSA) is 54.8 Å². The van der Waals surface area contributed by atoms with Crippen molar-refractivity contribution >= 4 is 11.6 Å². The second kappa shape index (κ2) is 6.57. The fraction of sp³-hybridized carbons (Fsp3) is 0.409.